The van der Waals surface area contributed by atoms with Crippen LogP contribution in [0.1, 0.15) is 23.2 Å². The molecule has 2 N–H and O–H groups in total. The van der Waals surface area contributed by atoms with Gasteiger partial charge in [0.1, 0.15) is 5.82 Å². The minimum absolute atomic E-state index is 0.0282. The van der Waals surface area contributed by atoms with E-state index < -0.39 is 5.92 Å². The van der Waals surface area contributed by atoms with Crippen LogP contribution in [-0.4, -0.2) is 54.6 Å². The zero-order valence-corrected chi connectivity index (χ0v) is 21.5. The molecule has 9 heteroatoms. The highest BCUT2D eigenvalue weighted by Crippen LogP contribution is 2.28. The average Bonchev–Trinajstić information content (AvgIpc) is 3.29. The van der Waals surface area contributed by atoms with Crippen LogP contribution in [0.4, 0.5) is 28.8 Å². The lowest BCUT2D eigenvalue weighted by Gasteiger charge is -2.27. The molecule has 192 valence electrons. The zero-order chi connectivity index (χ0) is 25.9. The summed E-state index contributed by atoms with van der Waals surface area (Å²) in [4.78, 5) is 38.6. The summed E-state index contributed by atoms with van der Waals surface area (Å²) in [7, 11) is 0. The first-order valence-electron chi connectivity index (χ1n) is 12.6. The monoisotopic (exact) mass is 500 g/mol. The van der Waals surface area contributed by atoms with Gasteiger partial charge in [-0.25, -0.2) is 4.98 Å². The van der Waals surface area contributed by atoms with E-state index in [4.69, 9.17) is 4.74 Å². The van der Waals surface area contributed by atoms with E-state index in [-0.39, 0.29) is 18.2 Å². The van der Waals surface area contributed by atoms with Crippen LogP contribution in [0.25, 0.3) is 0 Å². The lowest BCUT2D eigenvalue weighted by Crippen LogP contribution is -2.37. The van der Waals surface area contributed by atoms with Crippen molar-refractivity contribution in [1.82, 2.24) is 9.97 Å². The topological polar surface area (TPSA) is 99.7 Å². The summed E-state index contributed by atoms with van der Waals surface area (Å²) < 4.78 is 5.43. The van der Waals surface area contributed by atoms with E-state index in [1.165, 1.54) is 5.56 Å². The molecule has 2 aliphatic rings. The number of aryl methyl sites for hydroxylation is 3. The molecular formula is C28H32N6O3. The van der Waals surface area contributed by atoms with Gasteiger partial charge in [0.25, 0.3) is 0 Å². The fraction of sp³-hybridized carbons (Fsp3) is 0.357. The van der Waals surface area contributed by atoms with Gasteiger partial charge in [-0.15, -0.1) is 0 Å². The number of anilines is 5. The molecule has 0 spiro atoms. The Balaban J connectivity index is 1.20. The second-order valence-electron chi connectivity index (χ2n) is 9.66. The van der Waals surface area contributed by atoms with Crippen molar-refractivity contribution in [1.29, 1.82) is 0 Å². The van der Waals surface area contributed by atoms with Gasteiger partial charge in [-0.3, -0.25) is 9.59 Å². The minimum atomic E-state index is -0.394. The lowest BCUT2D eigenvalue weighted by molar-refractivity contribution is -0.122. The van der Waals surface area contributed by atoms with Crippen molar-refractivity contribution < 1.29 is 14.3 Å². The van der Waals surface area contributed by atoms with Crippen molar-refractivity contribution in [3.63, 3.8) is 0 Å². The number of morpholine rings is 1. The van der Waals surface area contributed by atoms with Gasteiger partial charge in [-0.1, -0.05) is 6.07 Å². The van der Waals surface area contributed by atoms with Crippen LogP contribution in [0.2, 0.25) is 0 Å². The molecule has 3 aromatic rings. The number of rotatable bonds is 6. The van der Waals surface area contributed by atoms with Crippen molar-refractivity contribution in [2.75, 3.05) is 53.3 Å². The molecule has 9 nitrogen and oxygen atoms in total. The summed E-state index contributed by atoms with van der Waals surface area (Å²) >= 11 is 0. The number of carbonyl (C=O) groups excluding carboxylic acids is 2. The van der Waals surface area contributed by atoms with Gasteiger partial charge in [0, 0.05) is 54.9 Å². The van der Waals surface area contributed by atoms with Crippen molar-refractivity contribution in [3.8, 4) is 0 Å². The van der Waals surface area contributed by atoms with Crippen LogP contribution >= 0.6 is 0 Å². The van der Waals surface area contributed by atoms with Crippen LogP contribution in [0, 0.1) is 26.7 Å². The highest BCUT2D eigenvalue weighted by Gasteiger charge is 2.35. The molecule has 2 aliphatic heterocycles. The molecule has 1 atom stereocenters. The molecule has 1 aromatic heterocycles. The Morgan fingerprint density at radius 2 is 1.68 bits per heavy atom. The lowest BCUT2D eigenvalue weighted by atomic mass is 10.1. The van der Waals surface area contributed by atoms with Gasteiger partial charge in [0.2, 0.25) is 17.8 Å². The van der Waals surface area contributed by atoms with Crippen LogP contribution < -0.4 is 20.4 Å². The maximum atomic E-state index is 12.9. The van der Waals surface area contributed by atoms with Gasteiger partial charge in [-0.2, -0.15) is 4.98 Å². The molecule has 0 bridgehead atoms. The third kappa shape index (κ3) is 5.72. The van der Waals surface area contributed by atoms with E-state index in [9.17, 15) is 9.59 Å². The summed E-state index contributed by atoms with van der Waals surface area (Å²) in [6.07, 6.45) is 0.205. The van der Waals surface area contributed by atoms with Crippen LogP contribution in [0.3, 0.4) is 0 Å². The number of benzene rings is 2. The normalized spacial score (nSPS) is 17.7. The van der Waals surface area contributed by atoms with E-state index in [1.54, 1.807) is 4.90 Å². The fourth-order valence-corrected chi connectivity index (χ4v) is 4.58. The Hall–Kier alpha value is -3.98. The Morgan fingerprint density at radius 1 is 0.946 bits per heavy atom. The number of nitrogens with zero attached hydrogens (tertiary/aromatic N) is 4. The second kappa shape index (κ2) is 10.6. The largest absolute Gasteiger partial charge is 0.378 e. The average molecular weight is 501 g/mol. The van der Waals surface area contributed by atoms with Gasteiger partial charge in [-0.05, 0) is 68.3 Å². The third-order valence-electron chi connectivity index (χ3n) is 6.86. The molecular weight excluding hydrogens is 468 g/mol. The van der Waals surface area contributed by atoms with Gasteiger partial charge < -0.3 is 25.2 Å². The van der Waals surface area contributed by atoms with E-state index >= 15 is 0 Å². The summed E-state index contributed by atoms with van der Waals surface area (Å²) in [5.74, 6) is 0.827. The Kier molecular flexibility index (Phi) is 7.05. The molecule has 0 radical (unpaired) electrons. The quantitative estimate of drug-likeness (QED) is 0.528. The van der Waals surface area contributed by atoms with Gasteiger partial charge in [0.15, 0.2) is 0 Å². The standard InChI is InChI=1S/C28H32N6O3/c1-18-4-9-24(14-19(18)2)34-17-21(16-26(34)35)27(36)31-23-7-5-22(6-8-23)30-25-15-20(3)29-28(32-25)33-10-12-37-13-11-33/h4-9,14-15,21H,10-13,16-17H2,1-3H3,(H,31,36)(H,29,30,32). The fourth-order valence-electron chi connectivity index (χ4n) is 4.58. The van der Waals surface area contributed by atoms with Crippen molar-refractivity contribution in [3.05, 3.63) is 65.4 Å². The maximum absolute atomic E-state index is 12.9. The first-order chi connectivity index (χ1) is 17.9. The smallest absolute Gasteiger partial charge is 0.229 e. The molecule has 37 heavy (non-hydrogen) atoms. The van der Waals surface area contributed by atoms with Gasteiger partial charge >= 0.3 is 0 Å². The van der Waals surface area contributed by atoms with Crippen molar-refractivity contribution in [2.45, 2.75) is 27.2 Å². The molecule has 2 aromatic carbocycles. The maximum Gasteiger partial charge on any atom is 0.229 e. The molecule has 0 aliphatic carbocycles. The van der Waals surface area contributed by atoms with E-state index in [2.05, 4.69) is 25.5 Å². The minimum Gasteiger partial charge on any atom is -0.378 e. The summed E-state index contributed by atoms with van der Waals surface area (Å²) in [5, 5.41) is 6.28. The predicted molar refractivity (Wildman–Crippen MR) is 145 cm³/mol. The van der Waals surface area contributed by atoms with Crippen molar-refractivity contribution in [2.24, 2.45) is 5.92 Å². The molecule has 5 rings (SSSR count). The Morgan fingerprint density at radius 3 is 2.41 bits per heavy atom. The summed E-state index contributed by atoms with van der Waals surface area (Å²) in [6, 6.07) is 15.3. The number of amides is 2. The van der Waals surface area contributed by atoms with Crippen LogP contribution in [-0.2, 0) is 14.3 Å². The second-order valence-corrected chi connectivity index (χ2v) is 9.66. The first kappa shape index (κ1) is 24.7. The van der Waals surface area contributed by atoms with Crippen LogP contribution in [0.5, 0.6) is 0 Å². The Bertz CT molecular complexity index is 1300. The molecule has 1 unspecified atom stereocenters. The molecule has 3 heterocycles. The molecule has 2 amide bonds. The molecule has 0 saturated carbocycles. The van der Waals surface area contributed by atoms with E-state index in [1.807, 2.05) is 69.3 Å². The third-order valence-corrected chi connectivity index (χ3v) is 6.86. The van der Waals surface area contributed by atoms with Crippen LogP contribution in [0.15, 0.2) is 48.5 Å². The number of carbonyl (C=O) groups is 2. The SMILES string of the molecule is Cc1cc(Nc2ccc(NC(=O)C3CC(=O)N(c4ccc(C)c(C)c4)C3)cc2)nc(N2CCOCC2)n1. The predicted octanol–water partition coefficient (Wildman–Crippen LogP) is 3.97. The molecule has 2 fully saturated rings. The number of ether oxygens (including phenoxy) is 1. The summed E-state index contributed by atoms with van der Waals surface area (Å²) in [5.41, 5.74) is 5.55. The van der Waals surface area contributed by atoms with E-state index in [0.29, 0.717) is 37.2 Å². The first-order valence-corrected chi connectivity index (χ1v) is 12.6. The Labute approximate surface area is 216 Å². The number of hydrogen-bond donors (Lipinski definition) is 2. The number of hydrogen-bond acceptors (Lipinski definition) is 7. The number of aromatic nitrogens is 2. The van der Waals surface area contributed by atoms with Crippen molar-refractivity contribution >= 4 is 40.6 Å². The van der Waals surface area contributed by atoms with Gasteiger partial charge in [0.05, 0.1) is 19.1 Å². The highest BCUT2D eigenvalue weighted by atomic mass is 16.5. The number of nitrogens with one attached hydrogen (secondary N) is 2. The van der Waals surface area contributed by atoms with E-state index in [0.717, 1.165) is 35.7 Å². The summed E-state index contributed by atoms with van der Waals surface area (Å²) in [6.45, 7) is 9.28. The zero-order valence-electron chi connectivity index (χ0n) is 21.5. The highest BCUT2D eigenvalue weighted by molar-refractivity contribution is 6.03. The molecule has 2 saturated heterocycles.